The lowest BCUT2D eigenvalue weighted by Crippen LogP contribution is -2.38. The number of alkyl halides is 3. The largest absolute Gasteiger partial charge is 0.573 e. The van der Waals surface area contributed by atoms with Crippen LogP contribution in [0.15, 0.2) is 60.8 Å². The average molecular weight is 444 g/mol. The number of hydrogen-bond donors (Lipinski definition) is 1. The quantitative estimate of drug-likeness (QED) is 0.632. The Morgan fingerprint density at radius 2 is 1.88 bits per heavy atom. The maximum absolute atomic E-state index is 12.9. The number of nitrogens with zero attached hydrogens (tertiary/aromatic N) is 1. The summed E-state index contributed by atoms with van der Waals surface area (Å²) in [5.74, 6) is 0.434. The fourth-order valence-electron chi connectivity index (χ4n) is 3.46. The van der Waals surface area contributed by atoms with Crippen LogP contribution in [0, 0.1) is 0 Å². The number of carbonyl (C=O) groups is 1. The Balaban J connectivity index is 1.52. The Bertz CT molecular complexity index is 1120. The van der Waals surface area contributed by atoms with Crippen molar-refractivity contribution in [2.24, 2.45) is 0 Å². The molecule has 1 unspecified atom stereocenters. The maximum Gasteiger partial charge on any atom is 0.573 e. The van der Waals surface area contributed by atoms with E-state index in [4.69, 9.17) is 9.47 Å². The fourth-order valence-corrected chi connectivity index (χ4v) is 3.46. The standard InChI is InChI=1S/C23H19F3N2O4/c1-30-21-3-2-10-27-19(21)12-16-13-31-20-9-6-15(11-18(20)22(29)28-16)14-4-7-17(8-5-14)32-23(24,25)26/h2-11,16H,12-13H2,1H3,(H,28,29). The van der Waals surface area contributed by atoms with Crippen LogP contribution in [0.5, 0.6) is 17.2 Å². The summed E-state index contributed by atoms with van der Waals surface area (Å²) >= 11 is 0. The molecule has 1 amide bonds. The normalized spacial score (nSPS) is 15.8. The number of nitrogens with one attached hydrogen (secondary N) is 1. The first kappa shape index (κ1) is 21.5. The van der Waals surface area contributed by atoms with Gasteiger partial charge in [-0.1, -0.05) is 18.2 Å². The van der Waals surface area contributed by atoms with Crippen molar-refractivity contribution >= 4 is 5.91 Å². The van der Waals surface area contributed by atoms with Gasteiger partial charge in [-0.25, -0.2) is 0 Å². The van der Waals surface area contributed by atoms with Gasteiger partial charge in [0.15, 0.2) is 0 Å². The summed E-state index contributed by atoms with van der Waals surface area (Å²) in [5, 5.41) is 2.94. The Labute approximate surface area is 181 Å². The highest BCUT2D eigenvalue weighted by Gasteiger charge is 2.31. The number of ether oxygens (including phenoxy) is 3. The smallest absolute Gasteiger partial charge is 0.495 e. The second kappa shape index (κ2) is 8.78. The number of fused-ring (bicyclic) bond motifs is 1. The van der Waals surface area contributed by atoms with E-state index < -0.39 is 6.36 Å². The molecule has 1 aliphatic rings. The Kier molecular flexibility index (Phi) is 5.89. The molecule has 2 aromatic carbocycles. The molecular formula is C23H19F3N2O4. The minimum atomic E-state index is -4.75. The van der Waals surface area contributed by atoms with Crippen LogP contribution in [0.4, 0.5) is 13.2 Å². The van der Waals surface area contributed by atoms with Gasteiger partial charge in [0.25, 0.3) is 5.91 Å². The summed E-state index contributed by atoms with van der Waals surface area (Å²) in [6, 6.07) is 13.7. The van der Waals surface area contributed by atoms with Crippen LogP contribution >= 0.6 is 0 Å². The van der Waals surface area contributed by atoms with Crippen molar-refractivity contribution in [3.05, 3.63) is 72.1 Å². The molecule has 2 heterocycles. The number of amides is 1. The summed E-state index contributed by atoms with van der Waals surface area (Å²) in [6.07, 6.45) is -2.67. The van der Waals surface area contributed by atoms with Crippen molar-refractivity contribution in [1.82, 2.24) is 10.3 Å². The molecule has 166 valence electrons. The van der Waals surface area contributed by atoms with Crippen molar-refractivity contribution in [2.45, 2.75) is 18.8 Å². The topological polar surface area (TPSA) is 69.7 Å². The zero-order valence-electron chi connectivity index (χ0n) is 17.0. The first-order valence-corrected chi connectivity index (χ1v) is 9.74. The van der Waals surface area contributed by atoms with Crippen molar-refractivity contribution in [3.8, 4) is 28.4 Å². The van der Waals surface area contributed by atoms with Gasteiger partial charge < -0.3 is 19.5 Å². The lowest BCUT2D eigenvalue weighted by atomic mass is 10.0. The molecule has 0 saturated heterocycles. The number of carbonyl (C=O) groups excluding carboxylic acids is 1. The second-order valence-electron chi connectivity index (χ2n) is 7.12. The minimum Gasteiger partial charge on any atom is -0.495 e. The third-order valence-electron chi connectivity index (χ3n) is 4.93. The molecule has 4 rings (SSSR count). The summed E-state index contributed by atoms with van der Waals surface area (Å²) in [5.41, 5.74) is 2.34. The minimum absolute atomic E-state index is 0.251. The lowest BCUT2D eigenvalue weighted by molar-refractivity contribution is -0.274. The van der Waals surface area contributed by atoms with Crippen LogP contribution in [0.3, 0.4) is 0 Å². The first-order valence-electron chi connectivity index (χ1n) is 9.74. The number of rotatable bonds is 5. The van der Waals surface area contributed by atoms with Gasteiger partial charge in [0.05, 0.1) is 24.4 Å². The number of halogens is 3. The van der Waals surface area contributed by atoms with Gasteiger partial charge in [0.2, 0.25) is 0 Å². The number of aromatic nitrogens is 1. The van der Waals surface area contributed by atoms with Gasteiger partial charge in [-0.15, -0.1) is 13.2 Å². The van der Waals surface area contributed by atoms with E-state index in [1.165, 1.54) is 24.3 Å². The molecule has 1 aromatic heterocycles. The van der Waals surface area contributed by atoms with E-state index in [1.54, 1.807) is 43.6 Å². The van der Waals surface area contributed by atoms with E-state index in [-0.39, 0.29) is 24.3 Å². The van der Waals surface area contributed by atoms with Crippen LogP contribution < -0.4 is 19.5 Å². The van der Waals surface area contributed by atoms with E-state index in [1.807, 2.05) is 0 Å². The van der Waals surface area contributed by atoms with Crippen LogP contribution in [0.2, 0.25) is 0 Å². The molecule has 32 heavy (non-hydrogen) atoms. The van der Waals surface area contributed by atoms with Crippen molar-refractivity contribution in [2.75, 3.05) is 13.7 Å². The monoisotopic (exact) mass is 444 g/mol. The van der Waals surface area contributed by atoms with Crippen LogP contribution in [-0.2, 0) is 6.42 Å². The zero-order valence-corrected chi connectivity index (χ0v) is 17.0. The highest BCUT2D eigenvalue weighted by Crippen LogP contribution is 2.31. The fraction of sp³-hybridized carbons (Fsp3) is 0.217. The van der Waals surface area contributed by atoms with E-state index in [0.29, 0.717) is 40.3 Å². The highest BCUT2D eigenvalue weighted by molar-refractivity contribution is 5.98. The molecule has 0 radical (unpaired) electrons. The number of benzene rings is 2. The predicted molar refractivity (Wildman–Crippen MR) is 110 cm³/mol. The molecule has 9 heteroatoms. The van der Waals surface area contributed by atoms with Gasteiger partial charge in [-0.05, 0) is 47.5 Å². The zero-order chi connectivity index (χ0) is 22.7. The van der Waals surface area contributed by atoms with E-state index >= 15 is 0 Å². The van der Waals surface area contributed by atoms with Gasteiger partial charge in [-0.3, -0.25) is 9.78 Å². The summed E-state index contributed by atoms with van der Waals surface area (Å²) in [4.78, 5) is 17.2. The van der Waals surface area contributed by atoms with Gasteiger partial charge in [0.1, 0.15) is 23.9 Å². The van der Waals surface area contributed by atoms with Crippen molar-refractivity contribution in [1.29, 1.82) is 0 Å². The van der Waals surface area contributed by atoms with Gasteiger partial charge >= 0.3 is 6.36 Å². The first-order chi connectivity index (χ1) is 15.3. The lowest BCUT2D eigenvalue weighted by Gasteiger charge is -2.16. The summed E-state index contributed by atoms with van der Waals surface area (Å²) in [7, 11) is 1.56. The molecular weight excluding hydrogens is 425 g/mol. The molecule has 1 atom stereocenters. The average Bonchev–Trinajstić information content (AvgIpc) is 2.92. The third-order valence-corrected chi connectivity index (χ3v) is 4.93. The number of pyridine rings is 1. The van der Waals surface area contributed by atoms with Crippen LogP contribution in [0.25, 0.3) is 11.1 Å². The van der Waals surface area contributed by atoms with Crippen LogP contribution in [0.1, 0.15) is 16.1 Å². The molecule has 0 bridgehead atoms. The number of hydrogen-bond acceptors (Lipinski definition) is 5. The Hall–Kier alpha value is -3.75. The van der Waals surface area contributed by atoms with E-state index in [9.17, 15) is 18.0 Å². The molecule has 6 nitrogen and oxygen atoms in total. The second-order valence-corrected chi connectivity index (χ2v) is 7.12. The Morgan fingerprint density at radius 3 is 2.59 bits per heavy atom. The SMILES string of the molecule is COc1cccnc1CC1COc2ccc(-c3ccc(OC(F)(F)F)cc3)cc2C(=O)N1. The molecule has 3 aromatic rings. The predicted octanol–water partition coefficient (Wildman–Crippen LogP) is 4.39. The molecule has 0 aliphatic carbocycles. The third kappa shape index (κ3) is 4.93. The molecule has 1 N–H and O–H groups in total. The van der Waals surface area contributed by atoms with E-state index in [2.05, 4.69) is 15.0 Å². The van der Waals surface area contributed by atoms with Gasteiger partial charge in [0, 0.05) is 12.6 Å². The Morgan fingerprint density at radius 1 is 1.12 bits per heavy atom. The summed E-state index contributed by atoms with van der Waals surface area (Å²) in [6.45, 7) is 0.251. The molecule has 1 aliphatic heterocycles. The number of methoxy groups -OCH3 is 1. The highest BCUT2D eigenvalue weighted by atomic mass is 19.4. The van der Waals surface area contributed by atoms with Crippen molar-refractivity contribution in [3.63, 3.8) is 0 Å². The molecule has 0 spiro atoms. The van der Waals surface area contributed by atoms with Gasteiger partial charge in [-0.2, -0.15) is 0 Å². The summed E-state index contributed by atoms with van der Waals surface area (Å²) < 4.78 is 52.1. The molecule has 0 saturated carbocycles. The van der Waals surface area contributed by atoms with Crippen LogP contribution in [-0.4, -0.2) is 37.0 Å². The molecule has 0 fully saturated rings. The van der Waals surface area contributed by atoms with E-state index in [0.717, 1.165) is 0 Å². The van der Waals surface area contributed by atoms with Crippen molar-refractivity contribution < 1.29 is 32.2 Å². The maximum atomic E-state index is 12.9.